The highest BCUT2D eigenvalue weighted by atomic mass is 35.5. The van der Waals surface area contributed by atoms with Gasteiger partial charge in [0.25, 0.3) is 5.88 Å². The second-order valence-corrected chi connectivity index (χ2v) is 9.87. The molecule has 12 nitrogen and oxygen atoms in total. The van der Waals surface area contributed by atoms with Gasteiger partial charge in [-0.2, -0.15) is 4.98 Å². The molecule has 0 unspecified atom stereocenters. The van der Waals surface area contributed by atoms with E-state index in [9.17, 15) is 14.0 Å². The number of carbonyl (C=O) groups excluding carboxylic acids is 2. The molecule has 0 radical (unpaired) electrons. The first kappa shape index (κ1) is 27.9. The quantitative estimate of drug-likeness (QED) is 0.232. The van der Waals surface area contributed by atoms with E-state index in [1.54, 1.807) is 32.4 Å². The molecule has 1 atom stereocenters. The van der Waals surface area contributed by atoms with Gasteiger partial charge in [0, 0.05) is 22.0 Å². The number of halogens is 2. The van der Waals surface area contributed by atoms with Gasteiger partial charge in [-0.05, 0) is 25.1 Å². The number of benzene rings is 1. The largest absolute Gasteiger partial charge is 0.495 e. The van der Waals surface area contributed by atoms with Crippen LogP contribution in [0.1, 0.15) is 17.5 Å². The summed E-state index contributed by atoms with van der Waals surface area (Å²) in [5, 5.41) is 4.21. The molecule has 0 aliphatic rings. The number of ether oxygens (including phenoxy) is 4. The Morgan fingerprint density at radius 3 is 2.59 bits per heavy atom. The molecule has 0 saturated carbocycles. The van der Waals surface area contributed by atoms with Crippen LogP contribution in [0.5, 0.6) is 11.6 Å². The van der Waals surface area contributed by atoms with Crippen LogP contribution in [0.2, 0.25) is 5.02 Å². The number of fused-ring (bicyclic) bond motifs is 2. The van der Waals surface area contributed by atoms with Gasteiger partial charge in [0.1, 0.15) is 33.8 Å². The summed E-state index contributed by atoms with van der Waals surface area (Å²) in [6, 6.07) is 6.54. The third-order valence-corrected chi connectivity index (χ3v) is 6.74. The molecule has 0 fully saturated rings. The van der Waals surface area contributed by atoms with Crippen molar-refractivity contribution in [1.82, 2.24) is 24.9 Å². The Morgan fingerprint density at radius 1 is 1.07 bits per heavy atom. The summed E-state index contributed by atoms with van der Waals surface area (Å²) >= 11 is 7.56. The Balaban J connectivity index is 1.26. The van der Waals surface area contributed by atoms with Gasteiger partial charge >= 0.3 is 12.1 Å². The number of nitrogens with one attached hydrogen (secondary N) is 1. The molecule has 4 heterocycles. The molecule has 0 spiro atoms. The van der Waals surface area contributed by atoms with Crippen LogP contribution in [0, 0.1) is 5.82 Å². The average Bonchev–Trinajstić information content (AvgIpc) is 3.37. The predicted molar refractivity (Wildman–Crippen MR) is 148 cm³/mol. The summed E-state index contributed by atoms with van der Waals surface area (Å²) < 4.78 is 35.3. The van der Waals surface area contributed by atoms with Gasteiger partial charge in [-0.3, -0.25) is 10.3 Å². The molecule has 1 aromatic carbocycles. The maximum absolute atomic E-state index is 14.8. The number of carbonyl (C=O) groups is 2. The van der Waals surface area contributed by atoms with E-state index in [-0.39, 0.29) is 24.0 Å². The fourth-order valence-corrected chi connectivity index (χ4v) is 4.82. The topological polar surface area (TPSA) is 148 Å². The van der Waals surface area contributed by atoms with Gasteiger partial charge in [0.15, 0.2) is 5.82 Å². The lowest BCUT2D eigenvalue weighted by Crippen LogP contribution is -2.25. The monoisotopic (exact) mass is 598 g/mol. The second-order valence-electron chi connectivity index (χ2n) is 8.46. The minimum atomic E-state index is -0.827. The lowest BCUT2D eigenvalue weighted by molar-refractivity contribution is 0.0586. The Bertz CT molecular complexity index is 1770. The van der Waals surface area contributed by atoms with Crippen molar-refractivity contribution < 1.29 is 32.9 Å². The number of esters is 1. The van der Waals surface area contributed by atoms with Gasteiger partial charge in [-0.15, -0.1) is 0 Å². The van der Waals surface area contributed by atoms with Crippen LogP contribution in [0.4, 0.5) is 14.9 Å². The fourth-order valence-electron chi connectivity index (χ4n) is 3.66. The average molecular weight is 599 g/mol. The lowest BCUT2D eigenvalue weighted by atomic mass is 10.1. The van der Waals surface area contributed by atoms with Gasteiger partial charge in [-0.25, -0.2) is 28.9 Å². The van der Waals surface area contributed by atoms with E-state index in [0.29, 0.717) is 37.2 Å². The predicted octanol–water partition coefficient (Wildman–Crippen LogP) is 5.30. The molecule has 1 amide bonds. The zero-order valence-electron chi connectivity index (χ0n) is 21.7. The summed E-state index contributed by atoms with van der Waals surface area (Å²) in [6.45, 7) is 1.38. The van der Waals surface area contributed by atoms with Crippen LogP contribution in [-0.4, -0.2) is 63.9 Å². The Morgan fingerprint density at radius 2 is 1.85 bits per heavy atom. The van der Waals surface area contributed by atoms with E-state index < -0.39 is 24.0 Å². The van der Waals surface area contributed by atoms with Gasteiger partial charge in [-0.1, -0.05) is 22.9 Å². The minimum Gasteiger partial charge on any atom is -0.495 e. The third kappa shape index (κ3) is 6.23. The molecular weight excluding hydrogens is 579 g/mol. The van der Waals surface area contributed by atoms with Crippen molar-refractivity contribution in [3.05, 3.63) is 59.5 Å². The zero-order valence-corrected chi connectivity index (χ0v) is 23.2. The molecular formula is C26H20ClFN6O6S. The molecule has 0 saturated heterocycles. The highest BCUT2D eigenvalue weighted by Crippen LogP contribution is 2.37. The maximum Gasteiger partial charge on any atom is 0.412 e. The first-order valence-electron chi connectivity index (χ1n) is 11.9. The number of rotatable bonds is 8. The van der Waals surface area contributed by atoms with Crippen molar-refractivity contribution in [2.75, 3.05) is 26.1 Å². The van der Waals surface area contributed by atoms with Crippen LogP contribution in [-0.2, 0) is 9.47 Å². The molecule has 0 aliphatic carbocycles. The summed E-state index contributed by atoms with van der Waals surface area (Å²) in [5.41, 5.74) is 1.85. The van der Waals surface area contributed by atoms with Crippen LogP contribution in [0.25, 0.3) is 31.8 Å². The van der Waals surface area contributed by atoms with Crippen molar-refractivity contribution in [2.24, 2.45) is 0 Å². The van der Waals surface area contributed by atoms with Gasteiger partial charge < -0.3 is 18.9 Å². The van der Waals surface area contributed by atoms with E-state index in [1.807, 2.05) is 6.07 Å². The molecule has 5 rings (SSSR count). The number of thiazole rings is 1. The molecule has 4 aromatic heterocycles. The van der Waals surface area contributed by atoms with Crippen LogP contribution in [0.3, 0.4) is 0 Å². The van der Waals surface area contributed by atoms with Crippen LogP contribution in [0.15, 0.2) is 42.9 Å². The van der Waals surface area contributed by atoms with E-state index >= 15 is 0 Å². The summed E-state index contributed by atoms with van der Waals surface area (Å²) in [6.07, 6.45) is 2.43. The number of amides is 1. The normalized spacial score (nSPS) is 11.7. The Hall–Kier alpha value is -4.69. The molecule has 15 heteroatoms. The number of nitrogens with zero attached hydrogens (tertiary/aromatic N) is 5. The Labute approximate surface area is 240 Å². The fraction of sp³-hybridized carbons (Fsp3) is 0.192. The van der Waals surface area contributed by atoms with Crippen molar-refractivity contribution in [3.8, 4) is 22.2 Å². The molecule has 41 heavy (non-hydrogen) atoms. The Kier molecular flexibility index (Phi) is 8.03. The molecule has 210 valence electrons. The minimum absolute atomic E-state index is 0.161. The van der Waals surface area contributed by atoms with Crippen molar-refractivity contribution in [1.29, 1.82) is 0 Å². The second kappa shape index (κ2) is 11.8. The van der Waals surface area contributed by atoms with Crippen molar-refractivity contribution in [3.63, 3.8) is 0 Å². The van der Waals surface area contributed by atoms with Crippen LogP contribution >= 0.6 is 22.9 Å². The van der Waals surface area contributed by atoms with E-state index in [4.69, 9.17) is 25.8 Å². The number of methoxy groups -OCH3 is 2. The summed E-state index contributed by atoms with van der Waals surface area (Å²) in [4.78, 5) is 44.9. The SMILES string of the molecule is COC(=O)c1ncc(NC(=O)O[C@H](C)COc2nc3sc(-c4cc(Cl)cc5cc(OC)cnc45)nc3cc2F)cn1. The standard InChI is InChI=1S/C26H20ClFN6O6S/c1-12(40-26(36)32-15-8-30-21(31-9-15)25(35)38-3)11-39-22-18(28)7-19-24(34-22)41-23(33-19)17-6-14(27)4-13-5-16(37-2)10-29-20(13)17/h4-10,12H,11H2,1-3H3,(H,32,36)/t12-/m1/s1. The molecule has 0 bridgehead atoms. The first-order valence-corrected chi connectivity index (χ1v) is 13.0. The smallest absolute Gasteiger partial charge is 0.412 e. The van der Waals surface area contributed by atoms with Gasteiger partial charge in [0.05, 0.1) is 44.0 Å². The van der Waals surface area contributed by atoms with Crippen LogP contribution < -0.4 is 14.8 Å². The van der Waals surface area contributed by atoms with Crippen molar-refractivity contribution in [2.45, 2.75) is 13.0 Å². The summed E-state index contributed by atoms with van der Waals surface area (Å²) in [5.74, 6) is -1.29. The summed E-state index contributed by atoms with van der Waals surface area (Å²) in [7, 11) is 2.75. The third-order valence-electron chi connectivity index (χ3n) is 5.52. The number of aromatic nitrogens is 5. The first-order chi connectivity index (χ1) is 19.7. The molecule has 1 N–H and O–H groups in total. The number of pyridine rings is 2. The van der Waals surface area contributed by atoms with E-state index in [1.165, 1.54) is 36.9 Å². The van der Waals surface area contributed by atoms with E-state index in [0.717, 1.165) is 5.39 Å². The van der Waals surface area contributed by atoms with Gasteiger partial charge in [0.2, 0.25) is 5.82 Å². The molecule has 5 aromatic rings. The lowest BCUT2D eigenvalue weighted by Gasteiger charge is -2.14. The van der Waals surface area contributed by atoms with Crippen molar-refractivity contribution >= 4 is 61.9 Å². The highest BCUT2D eigenvalue weighted by molar-refractivity contribution is 7.21. The number of hydrogen-bond acceptors (Lipinski definition) is 12. The number of hydrogen-bond donors (Lipinski definition) is 1. The maximum atomic E-state index is 14.8. The molecule has 0 aliphatic heterocycles. The van der Waals surface area contributed by atoms with E-state index in [2.05, 4.69) is 35.0 Å². The highest BCUT2D eigenvalue weighted by Gasteiger charge is 2.18. The number of anilines is 1. The zero-order chi connectivity index (χ0) is 29.1.